The Bertz CT molecular complexity index is 1620. The van der Waals surface area contributed by atoms with Gasteiger partial charge in [-0.2, -0.15) is 40.2 Å². The predicted octanol–water partition coefficient (Wildman–Crippen LogP) is 3.20. The van der Waals surface area contributed by atoms with Crippen molar-refractivity contribution in [2.75, 3.05) is 25.0 Å². The highest BCUT2D eigenvalue weighted by Gasteiger charge is 2.38. The Balaban J connectivity index is 0.000000421. The summed E-state index contributed by atoms with van der Waals surface area (Å²) in [5, 5.41) is 23.6. The molecule has 4 rings (SSSR count). The lowest BCUT2D eigenvalue weighted by Crippen LogP contribution is -2.21. The minimum absolute atomic E-state index is 0.196. The summed E-state index contributed by atoms with van der Waals surface area (Å²) in [6.45, 7) is 1.19. The maximum Gasteiger partial charge on any atom is 0.490 e. The first-order chi connectivity index (χ1) is 20.9. The van der Waals surface area contributed by atoms with Gasteiger partial charge in [0.05, 0.1) is 17.1 Å². The van der Waals surface area contributed by atoms with Crippen LogP contribution in [0.2, 0.25) is 0 Å². The van der Waals surface area contributed by atoms with Crippen LogP contribution in [-0.4, -0.2) is 73.9 Å². The van der Waals surface area contributed by atoms with Gasteiger partial charge in [-0.05, 0) is 18.2 Å². The van der Waals surface area contributed by atoms with Crippen LogP contribution in [0.3, 0.4) is 0 Å². The lowest BCUT2D eigenvalue weighted by Gasteiger charge is -2.17. The first-order valence-electron chi connectivity index (χ1n) is 11.9. The van der Waals surface area contributed by atoms with Crippen LogP contribution in [0, 0.1) is 11.8 Å². The average Bonchev–Trinajstić information content (AvgIpc) is 3.56. The number of aliphatic carboxylic acids is 2. The number of nitrogens with zero attached hydrogens (tertiary/aromatic N) is 3. The molecule has 0 radical (unpaired) electrons. The molecule has 4 heterocycles. The van der Waals surface area contributed by atoms with Gasteiger partial charge in [0.15, 0.2) is 0 Å². The highest BCUT2D eigenvalue weighted by atomic mass is 32.1. The highest BCUT2D eigenvalue weighted by Crippen LogP contribution is 2.25. The number of fused-ring (bicyclic) bond motifs is 1. The molecule has 0 aromatic carbocycles. The molecule has 244 valence electrons. The van der Waals surface area contributed by atoms with Gasteiger partial charge in [0, 0.05) is 41.7 Å². The highest BCUT2D eigenvalue weighted by molar-refractivity contribution is 7.12. The Labute approximate surface area is 250 Å². The summed E-state index contributed by atoms with van der Waals surface area (Å²) >= 11 is 1.41. The standard InChI is InChI=1S/C20H18F2N6O2S.2C2HF3O2/c21-18(22)13(9-23)8-17-26-27-20(29)28(17)11-15-4-3-14(31-15)2-1-12-7-16-19(25-10-12)30-6-5-24-16;2*3-2(4,5)1(6)7/h3-4,7,10,24H,5-6,8-9,11,23H2,(H,27,29);2*(H,6,7). The number of rotatable bonds is 5. The zero-order valence-corrected chi connectivity index (χ0v) is 23.0. The van der Waals surface area contributed by atoms with E-state index in [1.54, 1.807) is 6.20 Å². The van der Waals surface area contributed by atoms with E-state index in [-0.39, 0.29) is 30.9 Å². The van der Waals surface area contributed by atoms with Crippen LogP contribution in [0.5, 0.6) is 5.88 Å². The number of nitrogens with two attached hydrogens (primary N) is 1. The molecule has 0 fully saturated rings. The molecule has 1 aliphatic heterocycles. The molecule has 12 nitrogen and oxygen atoms in total. The summed E-state index contributed by atoms with van der Waals surface area (Å²) in [4.78, 5) is 35.8. The summed E-state index contributed by atoms with van der Waals surface area (Å²) in [5.74, 6) is 1.40. The number of ether oxygens (including phenoxy) is 1. The second kappa shape index (κ2) is 15.7. The van der Waals surface area contributed by atoms with Crippen molar-refractivity contribution in [3.8, 4) is 17.7 Å². The van der Waals surface area contributed by atoms with E-state index in [0.717, 1.165) is 27.5 Å². The Hall–Kier alpha value is -4.97. The summed E-state index contributed by atoms with van der Waals surface area (Å²) in [7, 11) is 0. The van der Waals surface area contributed by atoms with Crippen molar-refractivity contribution in [3.05, 3.63) is 67.7 Å². The molecule has 0 spiro atoms. The molecule has 0 atom stereocenters. The first-order valence-corrected chi connectivity index (χ1v) is 12.7. The second-order valence-corrected chi connectivity index (χ2v) is 9.42. The Morgan fingerprint density at radius 3 is 2.27 bits per heavy atom. The number of alkyl halides is 6. The van der Waals surface area contributed by atoms with Crippen molar-refractivity contribution in [1.82, 2.24) is 19.7 Å². The smallest absolute Gasteiger partial charge is 0.475 e. The van der Waals surface area contributed by atoms with E-state index in [9.17, 15) is 39.9 Å². The fourth-order valence-electron chi connectivity index (χ4n) is 2.97. The fourth-order valence-corrected chi connectivity index (χ4v) is 3.82. The Kier molecular flexibility index (Phi) is 12.6. The summed E-state index contributed by atoms with van der Waals surface area (Å²) in [5.41, 5.74) is 6.19. The lowest BCUT2D eigenvalue weighted by molar-refractivity contribution is -0.193. The SMILES string of the molecule is NCC(Cc1n[nH]c(=O)n1Cc1ccc(C#Cc2cnc3c(c2)NCCO3)s1)=C(F)F.O=C(O)C(F)(F)F.O=C(O)C(F)(F)F. The van der Waals surface area contributed by atoms with Crippen LogP contribution in [0.4, 0.5) is 40.8 Å². The molecule has 3 aromatic rings. The zero-order chi connectivity index (χ0) is 33.9. The van der Waals surface area contributed by atoms with Crippen LogP contribution in [0.1, 0.15) is 21.1 Å². The van der Waals surface area contributed by atoms with E-state index in [0.29, 0.717) is 12.5 Å². The van der Waals surface area contributed by atoms with E-state index in [4.69, 9.17) is 30.3 Å². The van der Waals surface area contributed by atoms with Crippen LogP contribution in [-0.2, 0) is 22.6 Å². The molecule has 0 bridgehead atoms. The number of hydrogen-bond acceptors (Lipinski definition) is 9. The lowest BCUT2D eigenvalue weighted by atomic mass is 10.2. The topological polar surface area (TPSA) is 185 Å². The van der Waals surface area contributed by atoms with Gasteiger partial charge in [0.2, 0.25) is 5.88 Å². The van der Waals surface area contributed by atoms with Crippen LogP contribution in [0.25, 0.3) is 0 Å². The molecule has 21 heteroatoms. The van der Waals surface area contributed by atoms with Gasteiger partial charge in [-0.3, -0.25) is 4.57 Å². The van der Waals surface area contributed by atoms with Crippen LogP contribution in [0.15, 0.2) is 40.8 Å². The summed E-state index contributed by atoms with van der Waals surface area (Å²) in [6, 6.07) is 5.57. The third kappa shape index (κ3) is 11.6. The monoisotopic (exact) mass is 672 g/mol. The molecule has 3 aromatic heterocycles. The van der Waals surface area contributed by atoms with Gasteiger partial charge in [-0.1, -0.05) is 11.8 Å². The number of H-pyrrole nitrogens is 1. The molecule has 0 amide bonds. The number of aromatic amines is 1. The van der Waals surface area contributed by atoms with Crippen molar-refractivity contribution in [2.45, 2.75) is 25.3 Å². The molecular weight excluding hydrogens is 652 g/mol. The molecule has 0 unspecified atom stereocenters. The zero-order valence-electron chi connectivity index (χ0n) is 22.2. The molecule has 1 aliphatic rings. The minimum atomic E-state index is -5.08. The summed E-state index contributed by atoms with van der Waals surface area (Å²) in [6.07, 6.45) is -10.6. The first kappa shape index (κ1) is 36.2. The third-order valence-corrected chi connectivity index (χ3v) is 6.01. The Morgan fingerprint density at radius 2 is 1.71 bits per heavy atom. The van der Waals surface area contributed by atoms with Crippen molar-refractivity contribution < 1.29 is 59.7 Å². The maximum atomic E-state index is 12.9. The third-order valence-electron chi connectivity index (χ3n) is 5.02. The van der Waals surface area contributed by atoms with Gasteiger partial charge in [-0.25, -0.2) is 24.5 Å². The van der Waals surface area contributed by atoms with Gasteiger partial charge in [0.1, 0.15) is 12.4 Å². The Morgan fingerprint density at radius 1 is 1.09 bits per heavy atom. The largest absolute Gasteiger partial charge is 0.490 e. The van der Waals surface area contributed by atoms with Crippen molar-refractivity contribution in [3.63, 3.8) is 0 Å². The molecule has 6 N–H and O–H groups in total. The molecule has 0 aliphatic carbocycles. The quantitative estimate of drug-likeness (QED) is 0.199. The van der Waals surface area contributed by atoms with Crippen molar-refractivity contribution >= 4 is 29.0 Å². The van der Waals surface area contributed by atoms with Gasteiger partial charge in [-0.15, -0.1) is 11.3 Å². The van der Waals surface area contributed by atoms with Gasteiger partial charge >= 0.3 is 30.0 Å². The number of thiophene rings is 1. The number of halogens is 8. The normalized spacial score (nSPS) is 11.9. The molecular formula is C24H20F8N6O6S. The molecule has 0 saturated heterocycles. The van der Waals surface area contributed by atoms with E-state index in [1.165, 1.54) is 15.9 Å². The average molecular weight is 673 g/mol. The maximum absolute atomic E-state index is 12.9. The number of carboxylic acids is 2. The number of nitrogens with one attached hydrogen (secondary N) is 2. The van der Waals surface area contributed by atoms with Crippen LogP contribution < -0.4 is 21.5 Å². The van der Waals surface area contributed by atoms with Crippen molar-refractivity contribution in [1.29, 1.82) is 0 Å². The predicted molar refractivity (Wildman–Crippen MR) is 140 cm³/mol. The number of pyridine rings is 1. The number of carboxylic acid groups (broad SMARTS) is 2. The van der Waals surface area contributed by atoms with Crippen LogP contribution >= 0.6 is 11.3 Å². The van der Waals surface area contributed by atoms with E-state index in [2.05, 4.69) is 32.3 Å². The second-order valence-electron chi connectivity index (χ2n) is 8.25. The number of hydrogen-bond donors (Lipinski definition) is 5. The molecule has 45 heavy (non-hydrogen) atoms. The van der Waals surface area contributed by atoms with E-state index < -0.39 is 36.1 Å². The number of carbonyl (C=O) groups is 2. The minimum Gasteiger partial charge on any atom is -0.475 e. The van der Waals surface area contributed by atoms with E-state index in [1.807, 2.05) is 18.2 Å². The molecule has 0 saturated carbocycles. The fraction of sp³-hybridized carbons (Fsp3) is 0.292. The van der Waals surface area contributed by atoms with E-state index >= 15 is 0 Å². The van der Waals surface area contributed by atoms with Gasteiger partial charge in [0.25, 0.3) is 6.08 Å². The summed E-state index contributed by atoms with van der Waals surface area (Å²) < 4.78 is 96.1. The van der Waals surface area contributed by atoms with Crippen molar-refractivity contribution in [2.24, 2.45) is 5.73 Å². The van der Waals surface area contributed by atoms with Gasteiger partial charge < -0.3 is 26.0 Å². The number of aromatic nitrogens is 4. The number of anilines is 1.